The lowest BCUT2D eigenvalue weighted by atomic mass is 9.78. The van der Waals surface area contributed by atoms with Gasteiger partial charge in [-0.25, -0.2) is 0 Å². The van der Waals surface area contributed by atoms with Crippen molar-refractivity contribution in [3.63, 3.8) is 0 Å². The fourth-order valence-electron chi connectivity index (χ4n) is 3.84. The van der Waals surface area contributed by atoms with Crippen LogP contribution in [-0.4, -0.2) is 75.7 Å². The first-order chi connectivity index (χ1) is 14.2. The summed E-state index contributed by atoms with van der Waals surface area (Å²) in [4.78, 5) is 31.4. The Hall–Kier alpha value is -2.70. The lowest BCUT2D eigenvalue weighted by molar-refractivity contribution is 0.0979. The molecule has 1 aliphatic carbocycles. The summed E-state index contributed by atoms with van der Waals surface area (Å²) in [6.07, 6.45) is 0. The van der Waals surface area contributed by atoms with Crippen molar-refractivity contribution in [2.45, 2.75) is 13.8 Å². The molecule has 0 amide bonds. The summed E-state index contributed by atoms with van der Waals surface area (Å²) in [6.45, 7) is 6.82. The predicted octanol–water partition coefficient (Wildman–Crippen LogP) is 3.03. The Kier molecular flexibility index (Phi) is 6.58. The molecular weight excluding hydrogens is 376 g/mol. The van der Waals surface area contributed by atoms with Crippen molar-refractivity contribution in [1.29, 1.82) is 0 Å². The predicted molar refractivity (Wildman–Crippen MR) is 123 cm³/mol. The smallest absolute Gasteiger partial charge is 0.196 e. The minimum absolute atomic E-state index is 0.0792. The van der Waals surface area contributed by atoms with Gasteiger partial charge in [0.1, 0.15) is 0 Å². The molecule has 0 saturated heterocycles. The summed E-state index contributed by atoms with van der Waals surface area (Å²) in [7, 11) is 8.02. The number of hydrogen-bond acceptors (Lipinski definition) is 6. The third-order valence-electron chi connectivity index (χ3n) is 5.48. The quantitative estimate of drug-likeness (QED) is 0.597. The Bertz CT molecular complexity index is 902. The number of carbonyl (C=O) groups is 2. The second-order valence-electron chi connectivity index (χ2n) is 8.48. The Morgan fingerprint density at radius 1 is 0.633 bits per heavy atom. The van der Waals surface area contributed by atoms with Crippen molar-refractivity contribution >= 4 is 22.9 Å². The monoisotopic (exact) mass is 408 g/mol. The summed E-state index contributed by atoms with van der Waals surface area (Å²) in [5, 5.41) is 6.74. The third kappa shape index (κ3) is 4.25. The summed E-state index contributed by atoms with van der Waals surface area (Å²) in [6, 6.07) is 7.66. The summed E-state index contributed by atoms with van der Waals surface area (Å²) in [5.74, 6) is -0.158. The van der Waals surface area contributed by atoms with Crippen molar-refractivity contribution in [2.24, 2.45) is 0 Å². The number of hydrogen-bond donors (Lipinski definition) is 2. The van der Waals surface area contributed by atoms with Crippen LogP contribution < -0.4 is 10.6 Å². The molecule has 0 aromatic heterocycles. The van der Waals surface area contributed by atoms with Gasteiger partial charge in [0.05, 0.1) is 11.1 Å². The number of nitrogens with zero attached hydrogens (tertiary/aromatic N) is 2. The maximum absolute atomic E-state index is 13.6. The van der Waals surface area contributed by atoms with Gasteiger partial charge in [-0.1, -0.05) is 12.1 Å². The number of benzene rings is 2. The van der Waals surface area contributed by atoms with E-state index in [9.17, 15) is 9.59 Å². The molecule has 0 radical (unpaired) electrons. The molecule has 6 heteroatoms. The molecule has 160 valence electrons. The Morgan fingerprint density at radius 2 is 1.00 bits per heavy atom. The minimum atomic E-state index is -0.0792. The summed E-state index contributed by atoms with van der Waals surface area (Å²) in [5.41, 5.74) is 5.14. The minimum Gasteiger partial charge on any atom is -0.383 e. The van der Waals surface area contributed by atoms with Crippen LogP contribution in [0, 0.1) is 13.8 Å². The lowest BCUT2D eigenvalue weighted by Gasteiger charge is -2.26. The molecule has 2 aromatic carbocycles. The normalized spacial score (nSPS) is 12.9. The Morgan fingerprint density at radius 3 is 1.33 bits per heavy atom. The van der Waals surface area contributed by atoms with Crippen LogP contribution in [0.15, 0.2) is 24.3 Å². The maximum atomic E-state index is 13.6. The van der Waals surface area contributed by atoms with Crippen LogP contribution in [0.4, 0.5) is 11.4 Å². The van der Waals surface area contributed by atoms with Crippen molar-refractivity contribution in [3.05, 3.63) is 57.6 Å². The number of ketones is 2. The van der Waals surface area contributed by atoms with Crippen LogP contribution in [0.3, 0.4) is 0 Å². The third-order valence-corrected chi connectivity index (χ3v) is 5.48. The van der Waals surface area contributed by atoms with Gasteiger partial charge in [-0.05, 0) is 65.3 Å². The number of nitrogens with one attached hydrogen (secondary N) is 2. The average Bonchev–Trinajstić information content (AvgIpc) is 2.67. The van der Waals surface area contributed by atoms with Crippen LogP contribution in [0.1, 0.15) is 43.0 Å². The van der Waals surface area contributed by atoms with Gasteiger partial charge in [-0.15, -0.1) is 0 Å². The first-order valence-corrected chi connectivity index (χ1v) is 10.4. The first-order valence-electron chi connectivity index (χ1n) is 10.4. The van der Waals surface area contributed by atoms with Crippen LogP contribution in [-0.2, 0) is 0 Å². The highest BCUT2D eigenvalue weighted by Crippen LogP contribution is 2.38. The maximum Gasteiger partial charge on any atom is 0.196 e. The zero-order valence-corrected chi connectivity index (χ0v) is 18.8. The van der Waals surface area contributed by atoms with Crippen molar-refractivity contribution in [2.75, 3.05) is 65.0 Å². The highest BCUT2D eigenvalue weighted by Gasteiger charge is 2.36. The van der Waals surface area contributed by atoms with Gasteiger partial charge in [-0.2, -0.15) is 0 Å². The molecule has 0 aliphatic heterocycles. The highest BCUT2D eigenvalue weighted by atomic mass is 16.1. The van der Waals surface area contributed by atoms with Gasteiger partial charge < -0.3 is 20.4 Å². The van der Waals surface area contributed by atoms with Gasteiger partial charge >= 0.3 is 0 Å². The SMILES string of the molecule is Cc1ccc(C)c2c1C(=O)c1c(NCCN(C)C)ccc(NCCN(C)C)c1C2=O. The standard InChI is InChI=1S/C24H32N4O2/c1-15-7-8-16(2)20-19(15)23(29)21-17(25-11-13-27(3)4)9-10-18(22(21)24(20)30)26-12-14-28(5)6/h7-10,25-26H,11-14H2,1-6H3. The van der Waals surface area contributed by atoms with E-state index >= 15 is 0 Å². The lowest BCUT2D eigenvalue weighted by Crippen LogP contribution is -2.28. The first kappa shape index (κ1) is 22.0. The number of anilines is 2. The molecular formula is C24H32N4O2. The van der Waals surface area contributed by atoms with Gasteiger partial charge in [0.2, 0.25) is 0 Å². The van der Waals surface area contributed by atoms with Crippen molar-refractivity contribution in [3.8, 4) is 0 Å². The van der Waals surface area contributed by atoms with E-state index in [4.69, 9.17) is 0 Å². The number of carbonyl (C=O) groups excluding carboxylic acids is 2. The largest absolute Gasteiger partial charge is 0.383 e. The van der Waals surface area contributed by atoms with E-state index in [2.05, 4.69) is 20.4 Å². The van der Waals surface area contributed by atoms with Crippen LogP contribution >= 0.6 is 0 Å². The van der Waals surface area contributed by atoms with Crippen molar-refractivity contribution < 1.29 is 9.59 Å². The molecule has 6 nitrogen and oxygen atoms in total. The van der Waals surface area contributed by atoms with E-state index in [1.807, 2.05) is 66.3 Å². The molecule has 0 fully saturated rings. The second-order valence-corrected chi connectivity index (χ2v) is 8.48. The molecule has 0 saturated carbocycles. The summed E-state index contributed by atoms with van der Waals surface area (Å²) >= 11 is 0. The summed E-state index contributed by atoms with van der Waals surface area (Å²) < 4.78 is 0. The van der Waals surface area contributed by atoms with Gasteiger partial charge in [-0.3, -0.25) is 9.59 Å². The van der Waals surface area contributed by atoms with Crippen LogP contribution in [0.5, 0.6) is 0 Å². The average molecular weight is 409 g/mol. The van der Waals surface area contributed by atoms with Gasteiger partial charge in [0.25, 0.3) is 0 Å². The molecule has 0 atom stereocenters. The van der Waals surface area contributed by atoms with Gasteiger partial charge in [0, 0.05) is 48.7 Å². The van der Waals surface area contributed by atoms with Crippen molar-refractivity contribution in [1.82, 2.24) is 9.80 Å². The molecule has 30 heavy (non-hydrogen) atoms. The molecule has 0 spiro atoms. The molecule has 3 rings (SSSR count). The van der Waals surface area contributed by atoms with Crippen LogP contribution in [0.25, 0.3) is 0 Å². The molecule has 0 heterocycles. The molecule has 1 aliphatic rings. The highest BCUT2D eigenvalue weighted by molar-refractivity contribution is 6.32. The fraction of sp³-hybridized carbons (Fsp3) is 0.417. The second kappa shape index (κ2) is 8.98. The number of aryl methyl sites for hydroxylation is 2. The molecule has 0 bridgehead atoms. The molecule has 0 unspecified atom stereocenters. The fourth-order valence-corrected chi connectivity index (χ4v) is 3.84. The van der Waals surface area contributed by atoms with E-state index in [1.165, 1.54) is 0 Å². The van der Waals surface area contributed by atoms with E-state index in [-0.39, 0.29) is 11.6 Å². The zero-order valence-electron chi connectivity index (χ0n) is 18.8. The molecule has 2 N–H and O–H groups in total. The number of rotatable bonds is 8. The number of fused-ring (bicyclic) bond motifs is 2. The number of likely N-dealkylation sites (N-methyl/N-ethyl adjacent to an activating group) is 2. The van der Waals surface area contributed by atoms with Gasteiger partial charge in [0.15, 0.2) is 11.6 Å². The van der Waals surface area contributed by atoms with E-state index in [0.29, 0.717) is 35.3 Å². The Labute approximate surface area is 179 Å². The van der Waals surface area contributed by atoms with E-state index in [1.54, 1.807) is 0 Å². The zero-order chi connectivity index (χ0) is 22.0. The van der Waals surface area contributed by atoms with E-state index < -0.39 is 0 Å². The topological polar surface area (TPSA) is 64.7 Å². The molecule has 2 aromatic rings. The Balaban J connectivity index is 2.11. The van der Waals surface area contributed by atoms with Crippen LogP contribution in [0.2, 0.25) is 0 Å². The van der Waals surface area contributed by atoms with E-state index in [0.717, 1.165) is 35.6 Å².